The largest absolute Gasteiger partial charge is 0.336 e. The predicted octanol–water partition coefficient (Wildman–Crippen LogP) is 3.26. The number of alkyl halides is 3. The molecule has 0 spiro atoms. The molecular formula is C13H16Cl3NO4S. The second-order valence-corrected chi connectivity index (χ2v) is 8.68. The van der Waals surface area contributed by atoms with E-state index in [1.807, 2.05) is 0 Å². The first-order valence-electron chi connectivity index (χ1n) is 6.34. The van der Waals surface area contributed by atoms with Crippen LogP contribution in [-0.2, 0) is 14.5 Å². The van der Waals surface area contributed by atoms with E-state index in [1.54, 1.807) is 37.3 Å². The average Bonchev–Trinajstić information content (AvgIpc) is 2.44. The molecule has 0 fully saturated rings. The Morgan fingerprint density at radius 1 is 1.23 bits per heavy atom. The lowest BCUT2D eigenvalue weighted by Gasteiger charge is -2.27. The van der Waals surface area contributed by atoms with Gasteiger partial charge in [-0.25, -0.2) is 0 Å². The van der Waals surface area contributed by atoms with Crippen LogP contribution in [0.5, 0.6) is 0 Å². The van der Waals surface area contributed by atoms with Gasteiger partial charge >= 0.3 is 10.3 Å². The maximum Gasteiger partial charge on any atom is 0.336 e. The van der Waals surface area contributed by atoms with Crippen LogP contribution in [0.4, 0.5) is 0 Å². The highest BCUT2D eigenvalue weighted by atomic mass is 35.6. The van der Waals surface area contributed by atoms with Crippen molar-refractivity contribution in [2.24, 2.45) is 0 Å². The molecule has 1 atom stereocenters. The van der Waals surface area contributed by atoms with Crippen molar-refractivity contribution in [3.8, 4) is 0 Å². The molecule has 9 heteroatoms. The van der Waals surface area contributed by atoms with E-state index in [2.05, 4.69) is 8.91 Å². The molecule has 0 amide bonds. The van der Waals surface area contributed by atoms with E-state index in [1.165, 1.54) is 6.92 Å². The van der Waals surface area contributed by atoms with Gasteiger partial charge in [0.15, 0.2) is 5.78 Å². The molecule has 0 saturated heterocycles. The van der Waals surface area contributed by atoms with Gasteiger partial charge in [0.05, 0.1) is 5.54 Å². The van der Waals surface area contributed by atoms with Gasteiger partial charge in [-0.05, 0) is 13.3 Å². The Kier molecular flexibility index (Phi) is 6.68. The van der Waals surface area contributed by atoms with Gasteiger partial charge in [0.1, 0.15) is 6.61 Å². The Hall–Kier alpha value is -0.370. The van der Waals surface area contributed by atoms with Crippen LogP contribution in [0.3, 0.4) is 0 Å². The number of halogens is 3. The van der Waals surface area contributed by atoms with Crippen LogP contribution in [0.25, 0.3) is 0 Å². The molecule has 1 aromatic rings. The molecule has 0 aliphatic rings. The van der Waals surface area contributed by atoms with E-state index in [0.29, 0.717) is 5.56 Å². The summed E-state index contributed by atoms with van der Waals surface area (Å²) in [6, 6.07) is 8.35. The second kappa shape index (κ2) is 7.47. The average molecular weight is 389 g/mol. The number of benzene rings is 1. The third-order valence-electron chi connectivity index (χ3n) is 2.97. The summed E-state index contributed by atoms with van der Waals surface area (Å²) in [6.07, 6.45) is 0.219. The molecule has 22 heavy (non-hydrogen) atoms. The molecular weight excluding hydrogens is 373 g/mol. The lowest BCUT2D eigenvalue weighted by Crippen LogP contribution is -2.52. The fourth-order valence-electron chi connectivity index (χ4n) is 1.64. The van der Waals surface area contributed by atoms with Crippen molar-refractivity contribution in [3.63, 3.8) is 0 Å². The van der Waals surface area contributed by atoms with Gasteiger partial charge in [0, 0.05) is 5.56 Å². The Morgan fingerprint density at radius 3 is 2.23 bits per heavy atom. The van der Waals surface area contributed by atoms with Crippen LogP contribution < -0.4 is 4.72 Å². The van der Waals surface area contributed by atoms with Crippen molar-refractivity contribution < 1.29 is 17.4 Å². The summed E-state index contributed by atoms with van der Waals surface area (Å²) in [5.41, 5.74) is -0.982. The number of hydrogen-bond donors (Lipinski definition) is 1. The highest BCUT2D eigenvalue weighted by molar-refractivity contribution is 7.84. The number of nitrogens with one attached hydrogen (secondary N) is 1. The van der Waals surface area contributed by atoms with Gasteiger partial charge in [-0.2, -0.15) is 13.1 Å². The van der Waals surface area contributed by atoms with Crippen molar-refractivity contribution in [2.75, 3.05) is 6.61 Å². The Bertz CT molecular complexity index is 616. The molecule has 124 valence electrons. The first kappa shape index (κ1) is 19.7. The van der Waals surface area contributed by atoms with E-state index < -0.39 is 26.2 Å². The molecule has 1 unspecified atom stereocenters. The summed E-state index contributed by atoms with van der Waals surface area (Å²) in [5.74, 6) is -0.378. The zero-order chi connectivity index (χ0) is 17.0. The zero-order valence-electron chi connectivity index (χ0n) is 12.0. The second-order valence-electron chi connectivity index (χ2n) is 4.81. The summed E-state index contributed by atoms with van der Waals surface area (Å²) < 4.78 is 28.8. The van der Waals surface area contributed by atoms with E-state index >= 15 is 0 Å². The molecule has 0 saturated carbocycles. The Balaban J connectivity index is 2.93. The minimum absolute atomic E-state index is 0.219. The van der Waals surface area contributed by atoms with E-state index in [9.17, 15) is 13.2 Å². The van der Waals surface area contributed by atoms with Crippen LogP contribution >= 0.6 is 34.8 Å². The van der Waals surface area contributed by atoms with Crippen molar-refractivity contribution >= 4 is 50.9 Å². The van der Waals surface area contributed by atoms with Gasteiger partial charge in [-0.15, -0.1) is 0 Å². The highest BCUT2D eigenvalue weighted by Gasteiger charge is 2.37. The number of rotatable bonds is 7. The van der Waals surface area contributed by atoms with Crippen LogP contribution in [-0.4, -0.2) is 30.1 Å². The maximum atomic E-state index is 12.5. The normalized spacial score (nSPS) is 15.3. The summed E-state index contributed by atoms with van der Waals surface area (Å²) in [6.45, 7) is 2.49. The van der Waals surface area contributed by atoms with Gasteiger partial charge in [0.25, 0.3) is 0 Å². The number of carbonyl (C=O) groups excluding carboxylic acids is 1. The topological polar surface area (TPSA) is 72.5 Å². The van der Waals surface area contributed by atoms with Crippen LogP contribution in [0.2, 0.25) is 0 Å². The molecule has 0 bridgehead atoms. The SMILES string of the molecule is CCC(C)(NS(=O)(=O)OCC(Cl)(Cl)Cl)C(=O)c1ccccc1. The standard InChI is InChI=1S/C13H16Cl3NO4S/c1-3-12(2,11(18)10-7-5-4-6-8-10)17-22(19,20)21-9-13(14,15)16/h4-8,17H,3,9H2,1-2H3. The third-order valence-corrected chi connectivity index (χ3v) is 4.43. The Labute approximate surface area is 145 Å². The first-order chi connectivity index (χ1) is 9.99. The molecule has 0 aromatic heterocycles. The minimum atomic E-state index is -4.26. The van der Waals surface area contributed by atoms with Crippen LogP contribution in [0.15, 0.2) is 30.3 Å². The molecule has 5 nitrogen and oxygen atoms in total. The molecule has 0 aliphatic heterocycles. The van der Waals surface area contributed by atoms with Crippen molar-refractivity contribution in [3.05, 3.63) is 35.9 Å². The molecule has 0 aliphatic carbocycles. The van der Waals surface area contributed by atoms with Crippen molar-refractivity contribution in [1.29, 1.82) is 0 Å². The van der Waals surface area contributed by atoms with Gasteiger partial charge in [0.2, 0.25) is 3.79 Å². The summed E-state index contributed by atoms with van der Waals surface area (Å²) >= 11 is 16.3. The monoisotopic (exact) mass is 387 g/mol. The van der Waals surface area contributed by atoms with Crippen LogP contribution in [0.1, 0.15) is 30.6 Å². The van der Waals surface area contributed by atoms with E-state index in [4.69, 9.17) is 34.8 Å². The van der Waals surface area contributed by atoms with Crippen molar-refractivity contribution in [2.45, 2.75) is 29.6 Å². The molecule has 1 N–H and O–H groups in total. The lowest BCUT2D eigenvalue weighted by molar-refractivity contribution is 0.0878. The van der Waals surface area contributed by atoms with Gasteiger partial charge < -0.3 is 0 Å². The number of ketones is 1. The molecule has 0 radical (unpaired) electrons. The number of Topliss-reactive ketones (excluding diaryl/α,β-unsaturated/α-hetero) is 1. The van der Waals surface area contributed by atoms with E-state index in [-0.39, 0.29) is 12.2 Å². The lowest BCUT2D eigenvalue weighted by atomic mass is 9.90. The molecule has 1 aromatic carbocycles. The molecule has 1 rings (SSSR count). The summed E-state index contributed by atoms with van der Waals surface area (Å²) in [5, 5.41) is 0. The quantitative estimate of drug-likeness (QED) is 0.575. The number of hydrogen-bond acceptors (Lipinski definition) is 4. The summed E-state index contributed by atoms with van der Waals surface area (Å²) in [4.78, 5) is 12.5. The maximum absolute atomic E-state index is 12.5. The fourth-order valence-corrected chi connectivity index (χ4v) is 3.17. The first-order valence-corrected chi connectivity index (χ1v) is 8.88. The predicted molar refractivity (Wildman–Crippen MR) is 87.8 cm³/mol. The highest BCUT2D eigenvalue weighted by Crippen LogP contribution is 2.27. The Morgan fingerprint density at radius 2 is 1.77 bits per heavy atom. The molecule has 0 heterocycles. The fraction of sp³-hybridized carbons (Fsp3) is 0.462. The summed E-state index contributed by atoms with van der Waals surface area (Å²) in [7, 11) is -4.26. The minimum Gasteiger partial charge on any atom is -0.292 e. The van der Waals surface area contributed by atoms with Crippen LogP contribution in [0, 0.1) is 0 Å². The van der Waals surface area contributed by atoms with E-state index in [0.717, 1.165) is 0 Å². The van der Waals surface area contributed by atoms with Gasteiger partial charge in [-0.1, -0.05) is 72.1 Å². The number of carbonyl (C=O) groups is 1. The van der Waals surface area contributed by atoms with Gasteiger partial charge in [-0.3, -0.25) is 8.98 Å². The van der Waals surface area contributed by atoms with Crippen molar-refractivity contribution in [1.82, 2.24) is 4.72 Å². The smallest absolute Gasteiger partial charge is 0.292 e. The third kappa shape index (κ3) is 6.02. The zero-order valence-corrected chi connectivity index (χ0v) is 15.1.